The van der Waals surface area contributed by atoms with Crippen molar-refractivity contribution in [3.8, 4) is 0 Å². The van der Waals surface area contributed by atoms with Crippen LogP contribution in [0.1, 0.15) is 303 Å². The van der Waals surface area contributed by atoms with Crippen molar-refractivity contribution in [3.63, 3.8) is 0 Å². The maximum atomic E-state index is 12.9. The van der Waals surface area contributed by atoms with Gasteiger partial charge in [-0.15, -0.1) is 0 Å². The third-order valence-electron chi connectivity index (χ3n) is 13.3. The molecule has 0 aliphatic rings. The number of allylic oxidation sites excluding steroid dienone is 4. The standard InChI is InChI=1S/C60H113O11P/c1-4-7-10-13-16-19-22-25-26-27-28-29-30-33-36-39-42-45-48-51-60(64)71-57(53-67-58(62)49-46-43-40-37-34-31-23-20-17-14-11-8-5-2)55-69-72(65,66)68-54-56(52-61)70-59(63)50-47-44-41-38-35-32-24-21-18-15-12-9-6-3/h20,23,25-26,56-57,61H,4-19,21-22,24,27-55H2,1-3H3,(H,65,66)/b23-20-,26-25-. The van der Waals surface area contributed by atoms with E-state index in [9.17, 15) is 28.9 Å². The number of ether oxygens (including phenoxy) is 3. The quantitative estimate of drug-likeness (QED) is 0.0197. The van der Waals surface area contributed by atoms with E-state index >= 15 is 0 Å². The Hall–Kier alpha value is -2.04. The summed E-state index contributed by atoms with van der Waals surface area (Å²) in [6.07, 6.45) is 55.6. The molecule has 0 saturated carbocycles. The highest BCUT2D eigenvalue weighted by Gasteiger charge is 2.28. The molecular weight excluding hydrogens is 928 g/mol. The van der Waals surface area contributed by atoms with Crippen LogP contribution in [0.4, 0.5) is 0 Å². The molecule has 72 heavy (non-hydrogen) atoms. The molecule has 3 unspecified atom stereocenters. The van der Waals surface area contributed by atoms with Crippen molar-refractivity contribution in [2.45, 2.75) is 315 Å². The van der Waals surface area contributed by atoms with Crippen molar-refractivity contribution in [2.75, 3.05) is 26.4 Å². The second-order valence-electron chi connectivity index (χ2n) is 20.5. The summed E-state index contributed by atoms with van der Waals surface area (Å²) in [6.45, 7) is 4.67. The normalized spacial score (nSPS) is 13.5. The summed E-state index contributed by atoms with van der Waals surface area (Å²) in [5, 5.41) is 9.81. The first kappa shape index (κ1) is 70.0. The lowest BCUT2D eigenvalue weighted by molar-refractivity contribution is -0.161. The van der Waals surface area contributed by atoms with Crippen molar-refractivity contribution >= 4 is 25.7 Å². The number of unbranched alkanes of at least 4 members (excludes halogenated alkanes) is 36. The van der Waals surface area contributed by atoms with Gasteiger partial charge in [-0.25, -0.2) is 4.57 Å². The van der Waals surface area contributed by atoms with E-state index in [1.165, 1.54) is 167 Å². The predicted octanol–water partition coefficient (Wildman–Crippen LogP) is 17.8. The lowest BCUT2D eigenvalue weighted by Gasteiger charge is -2.21. The van der Waals surface area contributed by atoms with Gasteiger partial charge in [0.2, 0.25) is 0 Å². The van der Waals surface area contributed by atoms with E-state index < -0.39 is 57.8 Å². The summed E-state index contributed by atoms with van der Waals surface area (Å²) in [7, 11) is -4.74. The van der Waals surface area contributed by atoms with E-state index in [-0.39, 0.29) is 25.9 Å². The zero-order valence-corrected chi connectivity index (χ0v) is 47.8. The van der Waals surface area contributed by atoms with E-state index in [1.54, 1.807) is 0 Å². The van der Waals surface area contributed by atoms with E-state index in [1.807, 2.05) is 0 Å². The van der Waals surface area contributed by atoms with Crippen molar-refractivity contribution < 1.29 is 52.2 Å². The summed E-state index contributed by atoms with van der Waals surface area (Å²) in [5.41, 5.74) is 0. The third kappa shape index (κ3) is 52.8. The maximum Gasteiger partial charge on any atom is 0.472 e. The molecule has 0 amide bonds. The molecule has 0 aromatic rings. The van der Waals surface area contributed by atoms with Crippen LogP contribution in [-0.4, -0.2) is 66.5 Å². The summed E-state index contributed by atoms with van der Waals surface area (Å²) >= 11 is 0. The van der Waals surface area contributed by atoms with Crippen LogP contribution in [-0.2, 0) is 42.2 Å². The molecule has 0 saturated heterocycles. The van der Waals surface area contributed by atoms with Crippen LogP contribution in [0.5, 0.6) is 0 Å². The fourth-order valence-corrected chi connectivity index (χ4v) is 9.48. The highest BCUT2D eigenvalue weighted by Crippen LogP contribution is 2.43. The second-order valence-corrected chi connectivity index (χ2v) is 22.0. The number of aliphatic hydroxyl groups is 1. The van der Waals surface area contributed by atoms with Gasteiger partial charge in [0.1, 0.15) is 12.7 Å². The Morgan fingerprint density at radius 1 is 0.375 bits per heavy atom. The van der Waals surface area contributed by atoms with Crippen LogP contribution in [0.3, 0.4) is 0 Å². The Kier molecular flexibility index (Phi) is 53.6. The van der Waals surface area contributed by atoms with Gasteiger partial charge in [0.05, 0.1) is 19.8 Å². The average Bonchev–Trinajstić information content (AvgIpc) is 3.37. The second kappa shape index (κ2) is 55.2. The van der Waals surface area contributed by atoms with Crippen LogP contribution in [0.25, 0.3) is 0 Å². The van der Waals surface area contributed by atoms with Crippen LogP contribution >= 0.6 is 7.82 Å². The molecule has 0 aliphatic heterocycles. The Bertz CT molecular complexity index is 1310. The molecule has 0 aromatic carbocycles. The molecule has 0 fully saturated rings. The Labute approximate surface area is 442 Å². The van der Waals surface area contributed by atoms with E-state index in [0.29, 0.717) is 19.3 Å². The predicted molar refractivity (Wildman–Crippen MR) is 298 cm³/mol. The number of rotatable bonds is 57. The number of hydrogen-bond acceptors (Lipinski definition) is 10. The van der Waals surface area contributed by atoms with E-state index in [4.69, 9.17) is 23.3 Å². The molecule has 2 N–H and O–H groups in total. The third-order valence-corrected chi connectivity index (χ3v) is 14.3. The molecule has 11 nitrogen and oxygen atoms in total. The fraction of sp³-hybridized carbons (Fsp3) is 0.883. The number of phosphoric ester groups is 1. The lowest BCUT2D eigenvalue weighted by Crippen LogP contribution is -2.30. The lowest BCUT2D eigenvalue weighted by atomic mass is 10.0. The minimum Gasteiger partial charge on any atom is -0.462 e. The van der Waals surface area contributed by atoms with Gasteiger partial charge in [-0.1, -0.05) is 238 Å². The first-order chi connectivity index (χ1) is 35.2. The maximum absolute atomic E-state index is 12.9. The Balaban J connectivity index is 4.67. The molecule has 424 valence electrons. The first-order valence-electron chi connectivity index (χ1n) is 30.2. The molecule has 0 aromatic heterocycles. The molecule has 3 atom stereocenters. The number of phosphoric acid groups is 1. The number of carbonyl (C=O) groups excluding carboxylic acids is 3. The van der Waals surface area contributed by atoms with E-state index in [2.05, 4.69) is 45.1 Å². The number of aliphatic hydroxyl groups excluding tert-OH is 1. The topological polar surface area (TPSA) is 155 Å². The molecular formula is C60H113O11P. The molecule has 0 heterocycles. The summed E-state index contributed by atoms with van der Waals surface area (Å²) in [5.74, 6) is -1.45. The van der Waals surface area contributed by atoms with Gasteiger partial charge < -0.3 is 24.2 Å². The van der Waals surface area contributed by atoms with Gasteiger partial charge >= 0.3 is 25.7 Å². The minimum atomic E-state index is -4.74. The van der Waals surface area contributed by atoms with Crippen molar-refractivity contribution in [1.29, 1.82) is 0 Å². The van der Waals surface area contributed by atoms with E-state index in [0.717, 1.165) is 77.0 Å². The number of esters is 3. The summed E-state index contributed by atoms with van der Waals surface area (Å²) < 4.78 is 39.6. The Morgan fingerprint density at radius 2 is 0.639 bits per heavy atom. The highest BCUT2D eigenvalue weighted by molar-refractivity contribution is 7.47. The number of carbonyl (C=O) groups is 3. The van der Waals surface area contributed by atoms with Crippen LogP contribution in [0, 0.1) is 0 Å². The molecule has 12 heteroatoms. The summed E-state index contributed by atoms with van der Waals surface area (Å²) in [4.78, 5) is 48.5. The van der Waals surface area contributed by atoms with Gasteiger partial charge in [-0.3, -0.25) is 23.4 Å². The smallest absolute Gasteiger partial charge is 0.462 e. The molecule has 0 aliphatic carbocycles. The van der Waals surface area contributed by atoms with Gasteiger partial charge in [0, 0.05) is 19.3 Å². The zero-order chi connectivity index (χ0) is 52.7. The highest BCUT2D eigenvalue weighted by atomic mass is 31.2. The largest absolute Gasteiger partial charge is 0.472 e. The monoisotopic (exact) mass is 1040 g/mol. The molecule has 0 radical (unpaired) electrons. The SMILES string of the molecule is CCCCCC/C=C\CCCCCCCC(=O)OCC(COP(=O)(O)OCC(CO)OC(=O)CCCCCCCCCCCCCCC)OC(=O)CCCCCCCCCCC/C=C\CCCCCCCC. The van der Waals surface area contributed by atoms with Crippen molar-refractivity contribution in [2.24, 2.45) is 0 Å². The minimum absolute atomic E-state index is 0.168. The zero-order valence-electron chi connectivity index (χ0n) is 46.9. The van der Waals surface area contributed by atoms with Gasteiger partial charge in [0.15, 0.2) is 6.10 Å². The van der Waals surface area contributed by atoms with Gasteiger partial charge in [-0.05, 0) is 70.6 Å². The number of hydrogen-bond donors (Lipinski definition) is 2. The van der Waals surface area contributed by atoms with Crippen molar-refractivity contribution in [3.05, 3.63) is 24.3 Å². The summed E-state index contributed by atoms with van der Waals surface area (Å²) in [6, 6.07) is 0. The average molecular weight is 1040 g/mol. The van der Waals surface area contributed by atoms with Crippen molar-refractivity contribution in [1.82, 2.24) is 0 Å². The molecule has 0 spiro atoms. The van der Waals surface area contributed by atoms with Crippen LogP contribution in [0.2, 0.25) is 0 Å². The fourth-order valence-electron chi connectivity index (χ4n) is 8.70. The Morgan fingerprint density at radius 3 is 0.972 bits per heavy atom. The molecule has 0 bridgehead atoms. The van der Waals surface area contributed by atoms with Crippen LogP contribution < -0.4 is 0 Å². The van der Waals surface area contributed by atoms with Crippen LogP contribution in [0.15, 0.2) is 24.3 Å². The first-order valence-corrected chi connectivity index (χ1v) is 31.7. The van der Waals surface area contributed by atoms with Gasteiger partial charge in [0.25, 0.3) is 0 Å². The van der Waals surface area contributed by atoms with Gasteiger partial charge in [-0.2, -0.15) is 0 Å². The molecule has 0 rings (SSSR count).